The van der Waals surface area contributed by atoms with Gasteiger partial charge in [-0.05, 0) is 93.0 Å². The van der Waals surface area contributed by atoms with Crippen molar-refractivity contribution in [3.8, 4) is 22.3 Å². The molecule has 0 bridgehead atoms. The summed E-state index contributed by atoms with van der Waals surface area (Å²) in [4.78, 5) is 2.34. The lowest BCUT2D eigenvalue weighted by atomic mass is 9.99. The molecule has 0 fully saturated rings. The summed E-state index contributed by atoms with van der Waals surface area (Å²) in [5.41, 5.74) is 9.93. The van der Waals surface area contributed by atoms with Gasteiger partial charge in [0.15, 0.2) is 0 Å². The third-order valence-electron chi connectivity index (χ3n) is 9.02. The van der Waals surface area contributed by atoms with Gasteiger partial charge < -0.3 is 9.32 Å². The topological polar surface area (TPSA) is 16.4 Å². The van der Waals surface area contributed by atoms with E-state index in [1.807, 2.05) is 0 Å². The number of rotatable bonds is 5. The number of nitrogens with zero attached hydrogens (tertiary/aromatic N) is 1. The summed E-state index contributed by atoms with van der Waals surface area (Å²) in [6.07, 6.45) is 0. The molecule has 2 nitrogen and oxygen atoms in total. The maximum atomic E-state index is 6.46. The van der Waals surface area contributed by atoms with Gasteiger partial charge in [-0.3, -0.25) is 0 Å². The predicted molar refractivity (Wildman–Crippen MR) is 194 cm³/mol. The quantitative estimate of drug-likeness (QED) is 0.199. The first-order valence-electron chi connectivity index (χ1n) is 15.7. The van der Waals surface area contributed by atoms with Gasteiger partial charge in [-0.15, -0.1) is 0 Å². The van der Waals surface area contributed by atoms with Crippen molar-refractivity contribution in [3.63, 3.8) is 0 Å². The van der Waals surface area contributed by atoms with Crippen LogP contribution in [0, 0.1) is 0 Å². The molecule has 46 heavy (non-hydrogen) atoms. The predicted octanol–water partition coefficient (Wildman–Crippen LogP) is 12.7. The van der Waals surface area contributed by atoms with Crippen LogP contribution in [0.25, 0.3) is 65.7 Å². The van der Waals surface area contributed by atoms with E-state index in [9.17, 15) is 0 Å². The minimum Gasteiger partial charge on any atom is -0.455 e. The van der Waals surface area contributed by atoms with Crippen LogP contribution in [0.4, 0.5) is 17.1 Å². The lowest BCUT2D eigenvalue weighted by molar-refractivity contribution is 0.672. The zero-order valence-electron chi connectivity index (χ0n) is 25.1. The van der Waals surface area contributed by atoms with Crippen molar-refractivity contribution >= 4 is 60.5 Å². The molecule has 216 valence electrons. The average Bonchev–Trinajstić information content (AvgIpc) is 3.51. The Bertz CT molecular complexity index is 2530. The van der Waals surface area contributed by atoms with Crippen molar-refractivity contribution in [2.75, 3.05) is 4.90 Å². The zero-order valence-corrected chi connectivity index (χ0v) is 25.1. The van der Waals surface area contributed by atoms with E-state index in [1.165, 1.54) is 38.4 Å². The van der Waals surface area contributed by atoms with E-state index >= 15 is 0 Å². The van der Waals surface area contributed by atoms with Gasteiger partial charge >= 0.3 is 0 Å². The van der Waals surface area contributed by atoms with Gasteiger partial charge in [-0.25, -0.2) is 0 Å². The van der Waals surface area contributed by atoms with E-state index in [0.717, 1.165) is 44.4 Å². The van der Waals surface area contributed by atoms with Crippen molar-refractivity contribution in [3.05, 3.63) is 176 Å². The molecule has 9 aromatic rings. The molecule has 1 aromatic heterocycles. The van der Waals surface area contributed by atoms with Crippen LogP contribution in [0.3, 0.4) is 0 Å². The SMILES string of the molecule is c1ccc(-c2cccc(-c3ccc(N(c4ccc5ccccc5c4)c4ccc5oc6c7ccccc7ccc6c5c4)cc3)c2)cc1. The molecule has 1 heterocycles. The van der Waals surface area contributed by atoms with Gasteiger partial charge in [-0.2, -0.15) is 0 Å². The number of anilines is 3. The molecule has 0 N–H and O–H groups in total. The molecule has 0 spiro atoms. The molecule has 0 amide bonds. The van der Waals surface area contributed by atoms with E-state index < -0.39 is 0 Å². The fourth-order valence-corrected chi connectivity index (χ4v) is 6.71. The normalized spacial score (nSPS) is 11.5. The van der Waals surface area contributed by atoms with Crippen LogP contribution < -0.4 is 4.90 Å². The molecule has 0 unspecified atom stereocenters. The van der Waals surface area contributed by atoms with Crippen LogP contribution in [0.2, 0.25) is 0 Å². The van der Waals surface area contributed by atoms with Crippen LogP contribution in [-0.2, 0) is 0 Å². The maximum absolute atomic E-state index is 6.46. The third-order valence-corrected chi connectivity index (χ3v) is 9.02. The van der Waals surface area contributed by atoms with Crippen LogP contribution in [0.15, 0.2) is 180 Å². The maximum Gasteiger partial charge on any atom is 0.143 e. The fraction of sp³-hybridized carbons (Fsp3) is 0. The molecule has 0 saturated heterocycles. The Morgan fingerprint density at radius 3 is 1.76 bits per heavy atom. The van der Waals surface area contributed by atoms with Gasteiger partial charge in [0.1, 0.15) is 11.2 Å². The molecule has 0 atom stereocenters. The molecule has 2 heteroatoms. The van der Waals surface area contributed by atoms with Crippen molar-refractivity contribution < 1.29 is 4.42 Å². The lowest BCUT2D eigenvalue weighted by Crippen LogP contribution is -2.09. The Hall–Kier alpha value is -6.12. The first-order chi connectivity index (χ1) is 22.8. The van der Waals surface area contributed by atoms with Crippen LogP contribution in [-0.4, -0.2) is 0 Å². The second-order valence-electron chi connectivity index (χ2n) is 11.8. The van der Waals surface area contributed by atoms with Gasteiger partial charge in [-0.1, -0.05) is 121 Å². The summed E-state index contributed by atoms with van der Waals surface area (Å²) in [7, 11) is 0. The molecule has 9 rings (SSSR count). The number of furan rings is 1. The molecule has 0 aliphatic rings. The summed E-state index contributed by atoms with van der Waals surface area (Å²) in [6.45, 7) is 0. The van der Waals surface area contributed by atoms with Gasteiger partial charge in [0.2, 0.25) is 0 Å². The molecule has 0 aliphatic carbocycles. The highest BCUT2D eigenvalue weighted by Crippen LogP contribution is 2.41. The Morgan fingerprint density at radius 2 is 0.935 bits per heavy atom. The summed E-state index contributed by atoms with van der Waals surface area (Å²) in [5, 5.41) is 6.99. The highest BCUT2D eigenvalue weighted by Gasteiger charge is 2.17. The van der Waals surface area contributed by atoms with E-state index in [4.69, 9.17) is 4.42 Å². The Kier molecular flexibility index (Phi) is 6.17. The lowest BCUT2D eigenvalue weighted by Gasteiger charge is -2.26. The Morgan fingerprint density at radius 1 is 0.326 bits per heavy atom. The smallest absolute Gasteiger partial charge is 0.143 e. The zero-order chi connectivity index (χ0) is 30.5. The minimum absolute atomic E-state index is 0.891. The Balaban J connectivity index is 1.18. The molecule has 8 aromatic carbocycles. The largest absolute Gasteiger partial charge is 0.455 e. The summed E-state index contributed by atoms with van der Waals surface area (Å²) < 4.78 is 6.46. The first-order valence-corrected chi connectivity index (χ1v) is 15.7. The van der Waals surface area contributed by atoms with Crippen LogP contribution in [0.5, 0.6) is 0 Å². The highest BCUT2D eigenvalue weighted by atomic mass is 16.3. The van der Waals surface area contributed by atoms with Crippen LogP contribution >= 0.6 is 0 Å². The molecule has 0 aliphatic heterocycles. The monoisotopic (exact) mass is 587 g/mol. The Labute approximate surface area is 267 Å². The molecular formula is C44H29NO. The fourth-order valence-electron chi connectivity index (χ4n) is 6.71. The van der Waals surface area contributed by atoms with E-state index in [-0.39, 0.29) is 0 Å². The second-order valence-corrected chi connectivity index (χ2v) is 11.8. The van der Waals surface area contributed by atoms with Crippen molar-refractivity contribution in [1.29, 1.82) is 0 Å². The minimum atomic E-state index is 0.891. The number of hydrogen-bond acceptors (Lipinski definition) is 2. The number of benzene rings is 8. The van der Waals surface area contributed by atoms with Gasteiger partial charge in [0.05, 0.1) is 0 Å². The van der Waals surface area contributed by atoms with Crippen molar-refractivity contribution in [2.24, 2.45) is 0 Å². The molecule has 0 radical (unpaired) electrons. The second kappa shape index (κ2) is 10.8. The summed E-state index contributed by atoms with van der Waals surface area (Å²) >= 11 is 0. The van der Waals surface area contributed by atoms with Gasteiger partial charge in [0, 0.05) is 33.2 Å². The van der Waals surface area contributed by atoms with Gasteiger partial charge in [0.25, 0.3) is 0 Å². The number of hydrogen-bond donors (Lipinski definition) is 0. The summed E-state index contributed by atoms with van der Waals surface area (Å²) in [6, 6.07) is 62.8. The van der Waals surface area contributed by atoms with Crippen LogP contribution in [0.1, 0.15) is 0 Å². The summed E-state index contributed by atoms with van der Waals surface area (Å²) in [5.74, 6) is 0. The first kappa shape index (κ1) is 26.3. The highest BCUT2D eigenvalue weighted by molar-refractivity contribution is 6.15. The van der Waals surface area contributed by atoms with Crippen molar-refractivity contribution in [1.82, 2.24) is 0 Å². The van der Waals surface area contributed by atoms with E-state index in [2.05, 4.69) is 181 Å². The average molecular weight is 588 g/mol. The van der Waals surface area contributed by atoms with E-state index in [0.29, 0.717) is 0 Å². The standard InChI is InChI=1S/C44H29NO/c1-2-9-30(10-3-1)34-14-8-15-35(27-34)32-17-21-37(22-18-32)45(38-23-19-31-11-4-5-13-36(31)28-38)39-24-26-43-42(29-39)41-25-20-33-12-6-7-16-40(33)44(41)46-43/h1-29H. The third kappa shape index (κ3) is 4.51. The number of fused-ring (bicyclic) bond motifs is 6. The molecular weight excluding hydrogens is 558 g/mol. The molecule has 0 saturated carbocycles. The van der Waals surface area contributed by atoms with Crippen molar-refractivity contribution in [2.45, 2.75) is 0 Å². The van der Waals surface area contributed by atoms with E-state index in [1.54, 1.807) is 0 Å².